The van der Waals surface area contributed by atoms with Crippen LogP contribution < -0.4 is 21.0 Å². The number of urea groups is 1. The number of nitrogens with one attached hydrogen (secondary N) is 1. The Morgan fingerprint density at radius 1 is 1.50 bits per heavy atom. The van der Waals surface area contributed by atoms with E-state index in [0.29, 0.717) is 37.6 Å². The Morgan fingerprint density at radius 2 is 2.25 bits per heavy atom. The van der Waals surface area contributed by atoms with Crippen LogP contribution in [0.3, 0.4) is 0 Å². The van der Waals surface area contributed by atoms with E-state index in [1.165, 1.54) is 4.90 Å². The van der Waals surface area contributed by atoms with Crippen LogP contribution in [0, 0.1) is 17.2 Å². The maximum Gasteiger partial charge on any atom is 0.332 e. The molecule has 11 heteroatoms. The lowest BCUT2D eigenvalue weighted by molar-refractivity contribution is 0.127. The maximum absolute atomic E-state index is 12.4. The molecule has 1 unspecified atom stereocenters. The number of hydrogen-bond acceptors (Lipinski definition) is 6. The zero-order valence-corrected chi connectivity index (χ0v) is 16.6. The average Bonchev–Trinajstić information content (AvgIpc) is 2.65. The molecule has 28 heavy (non-hydrogen) atoms. The number of nitrogens with zero attached hydrogens (tertiary/aromatic N) is 3. The minimum atomic E-state index is -4.02. The van der Waals surface area contributed by atoms with Gasteiger partial charge in [-0.15, -0.1) is 0 Å². The number of hydrazine groups is 1. The van der Waals surface area contributed by atoms with Crippen LogP contribution in [0.15, 0.2) is 18.2 Å². The number of nitrogens with two attached hydrogens (primary N) is 2. The highest BCUT2D eigenvalue weighted by molar-refractivity contribution is 7.86. The topological polar surface area (TPSA) is 155 Å². The molecule has 0 spiro atoms. The highest BCUT2D eigenvalue weighted by Gasteiger charge is 2.27. The molecule has 1 aromatic rings. The van der Waals surface area contributed by atoms with E-state index in [1.54, 1.807) is 25.1 Å². The molecule has 154 valence electrons. The molecular weight excluding hydrogens is 384 g/mol. The molecule has 0 aromatic heterocycles. The molecule has 1 saturated heterocycles. The number of benzene rings is 1. The summed E-state index contributed by atoms with van der Waals surface area (Å²) in [5, 5.41) is 14.3. The third kappa shape index (κ3) is 5.72. The van der Waals surface area contributed by atoms with Crippen LogP contribution in [-0.2, 0) is 10.2 Å². The SMILES string of the molecule is CCCN(NC(=O)N1CCCC(COc2cccc(N)c2C#N)C1)S(N)(=O)=O. The molecular formula is C17H26N6O4S. The van der Waals surface area contributed by atoms with Crippen LogP contribution in [0.2, 0.25) is 0 Å². The van der Waals surface area contributed by atoms with Gasteiger partial charge in [-0.1, -0.05) is 17.4 Å². The van der Waals surface area contributed by atoms with Crippen molar-refractivity contribution in [2.24, 2.45) is 11.1 Å². The number of piperidine rings is 1. The first kappa shape index (κ1) is 21.7. The van der Waals surface area contributed by atoms with Crippen molar-refractivity contribution in [3.63, 3.8) is 0 Å². The highest BCUT2D eigenvalue weighted by atomic mass is 32.2. The summed E-state index contributed by atoms with van der Waals surface area (Å²) in [7, 11) is -4.02. The number of hydrogen-bond donors (Lipinski definition) is 3. The van der Waals surface area contributed by atoms with E-state index in [-0.39, 0.29) is 18.0 Å². The predicted molar refractivity (Wildman–Crippen MR) is 104 cm³/mol. The summed E-state index contributed by atoms with van der Waals surface area (Å²) in [4.78, 5) is 14.0. The Balaban J connectivity index is 1.96. The number of carbonyl (C=O) groups excluding carboxylic acids is 1. The van der Waals surface area contributed by atoms with Crippen molar-refractivity contribution in [2.75, 3.05) is 32.0 Å². The summed E-state index contributed by atoms with van der Waals surface area (Å²) >= 11 is 0. The van der Waals surface area contributed by atoms with Gasteiger partial charge in [-0.25, -0.2) is 9.93 Å². The number of amides is 2. The van der Waals surface area contributed by atoms with Crippen LogP contribution in [0.5, 0.6) is 5.75 Å². The number of anilines is 1. The highest BCUT2D eigenvalue weighted by Crippen LogP contribution is 2.25. The molecule has 1 fully saturated rings. The van der Waals surface area contributed by atoms with Crippen molar-refractivity contribution in [1.29, 1.82) is 5.26 Å². The second-order valence-electron chi connectivity index (χ2n) is 6.63. The van der Waals surface area contributed by atoms with Crippen molar-refractivity contribution in [1.82, 2.24) is 14.7 Å². The average molecular weight is 411 g/mol. The quantitative estimate of drug-likeness (QED) is 0.445. The van der Waals surface area contributed by atoms with Gasteiger partial charge in [-0.2, -0.15) is 13.7 Å². The molecule has 10 nitrogen and oxygen atoms in total. The van der Waals surface area contributed by atoms with Crippen molar-refractivity contribution in [3.05, 3.63) is 23.8 Å². The van der Waals surface area contributed by atoms with Gasteiger partial charge >= 0.3 is 6.03 Å². The van der Waals surface area contributed by atoms with Crippen LogP contribution in [0.4, 0.5) is 10.5 Å². The minimum absolute atomic E-state index is 0.0431. The van der Waals surface area contributed by atoms with E-state index in [4.69, 9.17) is 15.6 Å². The summed E-state index contributed by atoms with van der Waals surface area (Å²) in [6.45, 7) is 3.10. The first-order chi connectivity index (χ1) is 13.3. The maximum atomic E-state index is 12.4. The summed E-state index contributed by atoms with van der Waals surface area (Å²) in [6, 6.07) is 6.53. The van der Waals surface area contributed by atoms with Crippen LogP contribution in [-0.4, -0.2) is 50.0 Å². The lowest BCUT2D eigenvalue weighted by Gasteiger charge is -2.34. The Bertz CT molecular complexity index is 839. The Labute approximate surface area is 165 Å². The predicted octanol–water partition coefficient (Wildman–Crippen LogP) is 0.771. The summed E-state index contributed by atoms with van der Waals surface area (Å²) < 4.78 is 29.6. The molecule has 1 aromatic carbocycles. The van der Waals surface area contributed by atoms with Crippen molar-refractivity contribution in [3.8, 4) is 11.8 Å². The fraction of sp³-hybridized carbons (Fsp3) is 0.529. The van der Waals surface area contributed by atoms with Crippen LogP contribution in [0.1, 0.15) is 31.7 Å². The molecule has 1 aliphatic rings. The Hall–Kier alpha value is -2.55. The van der Waals surface area contributed by atoms with Gasteiger partial charge in [0, 0.05) is 25.6 Å². The Kier molecular flexibility index (Phi) is 7.45. The van der Waals surface area contributed by atoms with Gasteiger partial charge in [-0.3, -0.25) is 5.43 Å². The second kappa shape index (κ2) is 9.59. The van der Waals surface area contributed by atoms with Crippen molar-refractivity contribution in [2.45, 2.75) is 26.2 Å². The van der Waals surface area contributed by atoms with Gasteiger partial charge in [-0.05, 0) is 31.4 Å². The van der Waals surface area contributed by atoms with Gasteiger partial charge in [0.2, 0.25) is 0 Å². The lowest BCUT2D eigenvalue weighted by atomic mass is 9.99. The van der Waals surface area contributed by atoms with Crippen LogP contribution >= 0.6 is 0 Å². The van der Waals surface area contributed by atoms with E-state index in [9.17, 15) is 18.5 Å². The number of likely N-dealkylation sites (tertiary alicyclic amines) is 1. The van der Waals surface area contributed by atoms with Gasteiger partial charge in [0.05, 0.1) is 12.3 Å². The molecule has 5 N–H and O–H groups in total. The van der Waals surface area contributed by atoms with E-state index in [1.807, 2.05) is 6.07 Å². The second-order valence-corrected chi connectivity index (χ2v) is 8.10. The fourth-order valence-electron chi connectivity index (χ4n) is 3.01. The van der Waals surface area contributed by atoms with Gasteiger partial charge in [0.1, 0.15) is 17.4 Å². The first-order valence-electron chi connectivity index (χ1n) is 9.03. The van der Waals surface area contributed by atoms with E-state index in [0.717, 1.165) is 17.3 Å². The van der Waals surface area contributed by atoms with Gasteiger partial charge < -0.3 is 15.4 Å². The van der Waals surface area contributed by atoms with Crippen molar-refractivity contribution >= 4 is 21.9 Å². The van der Waals surface area contributed by atoms with Crippen molar-refractivity contribution < 1.29 is 17.9 Å². The number of rotatable bonds is 7. The summed E-state index contributed by atoms with van der Waals surface area (Å²) in [5.74, 6) is 0.453. The first-order valence-corrected chi connectivity index (χ1v) is 10.5. The lowest BCUT2D eigenvalue weighted by Crippen LogP contribution is -2.55. The largest absolute Gasteiger partial charge is 0.492 e. The molecule has 2 amide bonds. The summed E-state index contributed by atoms with van der Waals surface area (Å²) in [6.07, 6.45) is 2.11. The smallest absolute Gasteiger partial charge is 0.332 e. The van der Waals surface area contributed by atoms with E-state index < -0.39 is 16.2 Å². The molecule has 1 heterocycles. The zero-order valence-electron chi connectivity index (χ0n) is 15.8. The molecule has 1 atom stereocenters. The minimum Gasteiger partial charge on any atom is -0.492 e. The number of ether oxygens (including phenoxy) is 1. The van der Waals surface area contributed by atoms with E-state index in [2.05, 4.69) is 5.43 Å². The Morgan fingerprint density at radius 3 is 2.89 bits per heavy atom. The monoisotopic (exact) mass is 410 g/mol. The van der Waals surface area contributed by atoms with Gasteiger partial charge in [0.25, 0.3) is 10.2 Å². The normalized spacial score (nSPS) is 17.2. The zero-order chi connectivity index (χ0) is 20.7. The standard InChI is InChI=1S/C17H26N6O4S/c1-2-8-23(28(20,25)26)21-17(24)22-9-4-5-13(11-22)12-27-16-7-3-6-15(19)14(16)10-18/h3,6-7,13H,2,4-5,8-9,11-12,19H2,1H3,(H,21,24)(H2,20,25,26). The summed E-state index contributed by atoms with van der Waals surface area (Å²) in [5.41, 5.74) is 8.77. The molecule has 0 aliphatic carbocycles. The third-order valence-corrected chi connectivity index (χ3v) is 5.29. The van der Waals surface area contributed by atoms with Gasteiger partial charge in [0.15, 0.2) is 0 Å². The number of nitriles is 1. The molecule has 0 radical (unpaired) electrons. The third-order valence-electron chi connectivity index (χ3n) is 4.41. The molecule has 0 bridgehead atoms. The number of carbonyl (C=O) groups is 1. The molecule has 0 saturated carbocycles. The van der Waals surface area contributed by atoms with E-state index >= 15 is 0 Å². The number of nitrogen functional groups attached to an aromatic ring is 1. The molecule has 2 rings (SSSR count). The molecule has 1 aliphatic heterocycles. The fourth-order valence-corrected chi connectivity index (χ4v) is 3.65. The van der Waals surface area contributed by atoms with Crippen LogP contribution in [0.25, 0.3) is 0 Å².